The first-order valence-corrected chi connectivity index (χ1v) is 19.4. The molecule has 0 heterocycles. The Morgan fingerprint density at radius 1 is 0.690 bits per heavy atom. The average Bonchev–Trinajstić information content (AvgIpc) is 2.97. The number of benzene rings is 1. The van der Waals surface area contributed by atoms with Gasteiger partial charge in [-0.1, -0.05) is 50.6 Å². The van der Waals surface area contributed by atoms with Crippen molar-refractivity contribution in [3.8, 4) is 0 Å². The van der Waals surface area contributed by atoms with Gasteiger partial charge < -0.3 is 32.5 Å². The molecule has 2 atom stereocenters. The number of rotatable bonds is 28. The molecule has 1 aromatic rings. The van der Waals surface area contributed by atoms with Crippen molar-refractivity contribution in [1.82, 2.24) is 4.90 Å². The van der Waals surface area contributed by atoms with Crippen molar-refractivity contribution in [3.05, 3.63) is 35.9 Å². The summed E-state index contributed by atoms with van der Waals surface area (Å²) in [6.07, 6.45) is 4.66. The van der Waals surface area contributed by atoms with Crippen LogP contribution in [0.4, 0.5) is 0 Å². The summed E-state index contributed by atoms with van der Waals surface area (Å²) in [6.45, 7) is 17.1. The maximum absolute atomic E-state index is 13.0. The van der Waals surface area contributed by atoms with Crippen LogP contribution in [-0.2, 0) is 36.7 Å². The molecule has 0 bridgehead atoms. The summed E-state index contributed by atoms with van der Waals surface area (Å²) in [5.41, 5.74) is 1.39. The van der Waals surface area contributed by atoms with Crippen LogP contribution in [0.5, 0.6) is 0 Å². The fourth-order valence-corrected chi connectivity index (χ4v) is 8.01. The van der Waals surface area contributed by atoms with Gasteiger partial charge in [0.05, 0.1) is 52.0 Å². The van der Waals surface area contributed by atoms with E-state index in [0.717, 1.165) is 12.8 Å². The van der Waals surface area contributed by atoms with Gasteiger partial charge in [-0.05, 0) is 64.4 Å². The van der Waals surface area contributed by atoms with Crippen molar-refractivity contribution in [2.24, 2.45) is 5.92 Å². The predicted molar refractivity (Wildman–Crippen MR) is 172 cm³/mol. The highest BCUT2D eigenvalue weighted by molar-refractivity contribution is 7.54. The third-order valence-electron chi connectivity index (χ3n) is 7.08. The van der Waals surface area contributed by atoms with E-state index >= 15 is 0 Å². The van der Waals surface area contributed by atoms with Gasteiger partial charge in [-0.2, -0.15) is 0 Å². The highest BCUT2D eigenvalue weighted by atomic mass is 31.2. The van der Waals surface area contributed by atoms with Crippen LogP contribution in [0.25, 0.3) is 0 Å². The molecule has 42 heavy (non-hydrogen) atoms. The lowest BCUT2D eigenvalue weighted by Crippen LogP contribution is -2.32. The smallest absolute Gasteiger partial charge is 0.331 e. The van der Waals surface area contributed by atoms with Crippen molar-refractivity contribution in [2.45, 2.75) is 73.1 Å². The summed E-state index contributed by atoms with van der Waals surface area (Å²) >= 11 is 0. The second-order valence-electron chi connectivity index (χ2n) is 10.4. The average molecular weight is 636 g/mol. The van der Waals surface area contributed by atoms with Crippen molar-refractivity contribution in [1.29, 1.82) is 0 Å². The van der Waals surface area contributed by atoms with Gasteiger partial charge in [0, 0.05) is 32.8 Å². The minimum Gasteiger partial charge on any atom is -0.379 e. The zero-order valence-electron chi connectivity index (χ0n) is 27.2. The fourth-order valence-electron chi connectivity index (χ4n) is 4.72. The van der Waals surface area contributed by atoms with Crippen LogP contribution < -0.4 is 0 Å². The lowest BCUT2D eigenvalue weighted by Gasteiger charge is -2.26. The predicted octanol–water partition coefficient (Wildman–Crippen LogP) is 7.85. The van der Waals surface area contributed by atoms with Crippen LogP contribution in [0.2, 0.25) is 0 Å². The van der Waals surface area contributed by atoms with E-state index < -0.39 is 15.2 Å². The highest BCUT2D eigenvalue weighted by Gasteiger charge is 2.27. The summed E-state index contributed by atoms with van der Waals surface area (Å²) in [5, 5.41) is 0. The van der Waals surface area contributed by atoms with Crippen LogP contribution in [0, 0.1) is 5.92 Å². The van der Waals surface area contributed by atoms with Gasteiger partial charge in [0.15, 0.2) is 0 Å². The van der Waals surface area contributed by atoms with E-state index in [2.05, 4.69) is 49.1 Å². The van der Waals surface area contributed by atoms with E-state index in [0.29, 0.717) is 84.3 Å². The molecule has 0 aliphatic rings. The van der Waals surface area contributed by atoms with Crippen LogP contribution >= 0.6 is 15.2 Å². The zero-order chi connectivity index (χ0) is 31.1. The monoisotopic (exact) mass is 635 g/mol. The molecule has 0 amide bonds. The molecule has 0 spiro atoms. The molecule has 0 aromatic heterocycles. The third-order valence-corrected chi connectivity index (χ3v) is 11.2. The molecule has 0 radical (unpaired) electrons. The fraction of sp³-hybridized carbons (Fsp3) is 0.806. The Morgan fingerprint density at radius 2 is 1.19 bits per heavy atom. The molecule has 0 aliphatic carbocycles. The molecule has 0 saturated carbocycles. The molecule has 2 unspecified atom stereocenters. The Balaban J connectivity index is 2.49. The molecule has 0 fully saturated rings. The Labute approximate surface area is 256 Å². The normalized spacial score (nSPS) is 14.0. The Morgan fingerprint density at radius 3 is 1.67 bits per heavy atom. The lowest BCUT2D eigenvalue weighted by molar-refractivity contribution is 0.0414. The first kappa shape index (κ1) is 39.4. The van der Waals surface area contributed by atoms with Crippen molar-refractivity contribution < 1.29 is 36.7 Å². The SMILES string of the molecule is CCOP(=O)(CCN(CCCOCCOCCC(CC(C)CC)c1ccccc1)CCP(=O)(OCC)OCC)OCC. The molecule has 9 nitrogen and oxygen atoms in total. The van der Waals surface area contributed by atoms with E-state index in [1.807, 2.05) is 0 Å². The van der Waals surface area contributed by atoms with Gasteiger partial charge in [0.2, 0.25) is 0 Å². The van der Waals surface area contributed by atoms with Crippen LogP contribution in [0.1, 0.15) is 78.7 Å². The molecule has 0 aliphatic heterocycles. The van der Waals surface area contributed by atoms with Crippen LogP contribution in [0.15, 0.2) is 30.3 Å². The zero-order valence-corrected chi connectivity index (χ0v) is 29.0. The first-order chi connectivity index (χ1) is 20.2. The van der Waals surface area contributed by atoms with Crippen molar-refractivity contribution in [3.63, 3.8) is 0 Å². The second kappa shape index (κ2) is 23.7. The number of hydrogen-bond donors (Lipinski definition) is 0. The minimum absolute atomic E-state index is 0.262. The molecular weight excluding hydrogens is 576 g/mol. The number of nitrogens with zero attached hydrogens (tertiary/aromatic N) is 1. The van der Waals surface area contributed by atoms with Gasteiger partial charge in [-0.15, -0.1) is 0 Å². The van der Waals surface area contributed by atoms with E-state index in [9.17, 15) is 9.13 Å². The van der Waals surface area contributed by atoms with Crippen LogP contribution in [0.3, 0.4) is 0 Å². The van der Waals surface area contributed by atoms with E-state index in [4.69, 9.17) is 27.6 Å². The molecule has 246 valence electrons. The molecule has 0 saturated heterocycles. The van der Waals surface area contributed by atoms with E-state index in [1.54, 1.807) is 27.7 Å². The van der Waals surface area contributed by atoms with E-state index in [-0.39, 0.29) is 12.3 Å². The summed E-state index contributed by atoms with van der Waals surface area (Å²) in [4.78, 5) is 2.11. The largest absolute Gasteiger partial charge is 0.379 e. The van der Waals surface area contributed by atoms with E-state index in [1.165, 1.54) is 18.4 Å². The maximum atomic E-state index is 13.0. The summed E-state index contributed by atoms with van der Waals surface area (Å²) in [7, 11) is -6.36. The highest BCUT2D eigenvalue weighted by Crippen LogP contribution is 2.49. The Hall–Kier alpha value is -0.600. The standard InChI is InChI=1S/C31H59NO8P2/c1-7-29(6)28-31(30-16-13-12-14-17-30)18-23-36-25-24-35-22-15-19-32(20-26-41(33,37-8-2)38-9-3)21-27-42(34,39-10-4)40-11-5/h12-14,16-17,29,31H,7-11,15,18-28H2,1-6H3. The summed E-state index contributed by atoms with van der Waals surface area (Å²) in [5.74, 6) is 1.20. The number of ether oxygens (including phenoxy) is 2. The van der Waals surface area contributed by atoms with Gasteiger partial charge in [-0.25, -0.2) is 0 Å². The topological polar surface area (TPSA) is 92.8 Å². The van der Waals surface area contributed by atoms with Crippen molar-refractivity contribution >= 4 is 15.2 Å². The Bertz CT molecular complexity index is 822. The van der Waals surface area contributed by atoms with Gasteiger partial charge in [0.1, 0.15) is 0 Å². The third kappa shape index (κ3) is 17.6. The van der Waals surface area contributed by atoms with Gasteiger partial charge in [0.25, 0.3) is 0 Å². The lowest BCUT2D eigenvalue weighted by atomic mass is 9.86. The van der Waals surface area contributed by atoms with Gasteiger partial charge >= 0.3 is 15.2 Å². The molecule has 1 aromatic carbocycles. The molecule has 0 N–H and O–H groups in total. The summed E-state index contributed by atoms with van der Waals surface area (Å²) < 4.78 is 59.6. The van der Waals surface area contributed by atoms with Crippen molar-refractivity contribution in [2.75, 3.05) is 84.8 Å². The Kier molecular flexibility index (Phi) is 22.3. The minimum atomic E-state index is -3.18. The second-order valence-corrected chi connectivity index (χ2v) is 14.8. The maximum Gasteiger partial charge on any atom is 0.331 e. The summed E-state index contributed by atoms with van der Waals surface area (Å²) in [6, 6.07) is 10.7. The quantitative estimate of drug-likeness (QED) is 0.0674. The molecule has 1 rings (SSSR count). The van der Waals surface area contributed by atoms with Gasteiger partial charge in [-0.3, -0.25) is 9.13 Å². The molecule has 11 heteroatoms. The number of hydrogen-bond acceptors (Lipinski definition) is 9. The molecular formula is C31H59NO8P2. The first-order valence-electron chi connectivity index (χ1n) is 15.9. The van der Waals surface area contributed by atoms with Crippen LogP contribution in [-0.4, -0.2) is 89.7 Å².